The van der Waals surface area contributed by atoms with E-state index in [9.17, 15) is 14.9 Å². The monoisotopic (exact) mass is 484 g/mol. The topological polar surface area (TPSA) is 95.7 Å². The summed E-state index contributed by atoms with van der Waals surface area (Å²) in [4.78, 5) is 27.2. The van der Waals surface area contributed by atoms with Gasteiger partial charge in [0, 0.05) is 25.7 Å². The first kappa shape index (κ1) is 22.0. The first-order chi connectivity index (χ1) is 16.6. The Morgan fingerprint density at radius 1 is 1.12 bits per heavy atom. The van der Waals surface area contributed by atoms with Crippen molar-refractivity contribution < 1.29 is 9.59 Å². The van der Waals surface area contributed by atoms with Gasteiger partial charge in [-0.1, -0.05) is 54.1 Å². The fraction of sp³-hybridized carbons (Fsp3) is 0.115. The second kappa shape index (κ2) is 9.18. The van der Waals surface area contributed by atoms with Gasteiger partial charge in [0.25, 0.3) is 0 Å². The zero-order chi connectivity index (χ0) is 23.7. The molecule has 1 aliphatic carbocycles. The molecule has 166 valence electrons. The first-order valence-electron chi connectivity index (χ1n) is 10.6. The first-order valence-corrected chi connectivity index (χ1v) is 11.8. The molecule has 2 heterocycles. The van der Waals surface area contributed by atoms with Crippen molar-refractivity contribution in [3.8, 4) is 17.3 Å². The van der Waals surface area contributed by atoms with E-state index in [0.717, 1.165) is 33.4 Å². The molecule has 0 bridgehead atoms. The molecule has 1 unspecified atom stereocenters. The highest BCUT2D eigenvalue weighted by Crippen LogP contribution is 2.43. The van der Waals surface area contributed by atoms with Gasteiger partial charge in [-0.3, -0.25) is 9.59 Å². The number of allylic oxidation sites excluding steroid dienone is 4. The molecule has 2 aliphatic heterocycles. The number of amides is 1. The number of carbonyl (C=O) groups is 2. The van der Waals surface area contributed by atoms with Gasteiger partial charge in [0.15, 0.2) is 5.92 Å². The molecule has 0 spiro atoms. The number of aromatic nitrogens is 2. The molecule has 3 aliphatic rings. The number of anilines is 1. The highest BCUT2D eigenvalue weighted by molar-refractivity contribution is 7.20. The normalized spacial score (nSPS) is 13.9. The Bertz CT molecular complexity index is 1510. The smallest absolute Gasteiger partial charge is 0.249 e. The highest BCUT2D eigenvalue weighted by atomic mass is 35.5. The second-order valence-electron chi connectivity index (χ2n) is 7.76. The molecule has 2 aromatic carbocycles. The maximum Gasteiger partial charge on any atom is 0.249 e. The molecule has 0 fully saturated rings. The number of rotatable bonds is 5. The van der Waals surface area contributed by atoms with Crippen LogP contribution in [0.1, 0.15) is 28.2 Å². The fourth-order valence-corrected chi connectivity index (χ4v) is 5.34. The van der Waals surface area contributed by atoms with E-state index in [2.05, 4.69) is 27.7 Å². The van der Waals surface area contributed by atoms with Gasteiger partial charge in [-0.25, -0.2) is 0 Å². The molecule has 5 rings (SSSR count). The average molecular weight is 485 g/mol. The molecule has 0 aromatic heterocycles. The number of Topliss-reactive ketones (excluding diaryl/α,β-unsaturated/α-hetero) is 1. The van der Waals surface area contributed by atoms with Crippen LogP contribution >= 0.6 is 22.9 Å². The molecule has 6 nitrogen and oxygen atoms in total. The molecule has 34 heavy (non-hydrogen) atoms. The van der Waals surface area contributed by atoms with Gasteiger partial charge in [-0.2, -0.15) is 5.26 Å². The van der Waals surface area contributed by atoms with E-state index in [1.807, 2.05) is 36.4 Å². The van der Waals surface area contributed by atoms with Crippen molar-refractivity contribution in [2.45, 2.75) is 12.8 Å². The van der Waals surface area contributed by atoms with Crippen LogP contribution in [-0.4, -0.2) is 21.9 Å². The second-order valence-corrected chi connectivity index (χ2v) is 9.25. The molecule has 8 heteroatoms. The lowest BCUT2D eigenvalue weighted by Gasteiger charge is -2.15. The third-order valence-corrected chi connectivity index (χ3v) is 7.00. The molecule has 0 saturated heterocycles. The number of nitrogens with zero attached hydrogens (tertiary/aromatic N) is 3. The summed E-state index contributed by atoms with van der Waals surface area (Å²) < 4.78 is 1.01. The zero-order valence-electron chi connectivity index (χ0n) is 17.8. The van der Waals surface area contributed by atoms with E-state index in [0.29, 0.717) is 22.0 Å². The lowest BCUT2D eigenvalue weighted by molar-refractivity contribution is -0.117. The summed E-state index contributed by atoms with van der Waals surface area (Å²) in [5, 5.41) is 22.1. The van der Waals surface area contributed by atoms with Crippen LogP contribution in [0.2, 0.25) is 5.02 Å². The minimum Gasteiger partial charge on any atom is -0.324 e. The van der Waals surface area contributed by atoms with Gasteiger partial charge in [-0.05, 0) is 42.7 Å². The van der Waals surface area contributed by atoms with E-state index in [-0.39, 0.29) is 5.69 Å². The lowest BCUT2D eigenvalue weighted by Crippen LogP contribution is -2.29. The Hall–Kier alpha value is -3.86. The third kappa shape index (κ3) is 3.98. The summed E-state index contributed by atoms with van der Waals surface area (Å²) in [5.41, 5.74) is 2.56. The summed E-state index contributed by atoms with van der Waals surface area (Å²) in [6.45, 7) is 0. The quantitative estimate of drug-likeness (QED) is 0.271. The van der Waals surface area contributed by atoms with Gasteiger partial charge < -0.3 is 5.32 Å². The Balaban J connectivity index is 1.59. The van der Waals surface area contributed by atoms with Gasteiger partial charge in [0.05, 0.1) is 11.6 Å². The molecule has 0 saturated carbocycles. The summed E-state index contributed by atoms with van der Waals surface area (Å²) in [7, 11) is 0. The minimum atomic E-state index is -1.58. The maximum absolute atomic E-state index is 13.5. The molecule has 0 radical (unpaired) electrons. The van der Waals surface area contributed by atoms with Crippen LogP contribution < -0.4 is 5.32 Å². The van der Waals surface area contributed by atoms with E-state index in [1.165, 1.54) is 0 Å². The number of fused-ring (bicyclic) bond motifs is 3. The number of hydrogen-bond acceptors (Lipinski definition) is 6. The number of nitrogens with one attached hydrogen (secondary N) is 1. The number of halogens is 1. The van der Waals surface area contributed by atoms with Crippen molar-refractivity contribution in [1.29, 1.82) is 5.26 Å². The van der Waals surface area contributed by atoms with Crippen LogP contribution in [0.4, 0.5) is 5.69 Å². The zero-order valence-corrected chi connectivity index (χ0v) is 19.4. The van der Waals surface area contributed by atoms with Gasteiger partial charge >= 0.3 is 0 Å². The van der Waals surface area contributed by atoms with Crippen molar-refractivity contribution in [3.63, 3.8) is 0 Å². The predicted molar refractivity (Wildman–Crippen MR) is 134 cm³/mol. The van der Waals surface area contributed by atoms with E-state index in [1.54, 1.807) is 35.6 Å². The number of ketones is 1. The van der Waals surface area contributed by atoms with E-state index < -0.39 is 17.6 Å². The van der Waals surface area contributed by atoms with Crippen molar-refractivity contribution in [3.05, 3.63) is 82.4 Å². The standard InChI is InChI=1S/C26H17ClN4O2S/c27-16-9-6-10-17(13-16)29-26(33)19(14-28)24(32)23-21-22(30-31-23)18-11-4-5-12-20(18)34-25(21)15-7-2-1-3-8-15/h2,4-13,19H,1,3H2,(H,29,33). The van der Waals surface area contributed by atoms with Crippen LogP contribution in [0, 0.1) is 17.2 Å². The Labute approximate surface area is 204 Å². The summed E-state index contributed by atoms with van der Waals surface area (Å²) in [6, 6.07) is 16.1. The summed E-state index contributed by atoms with van der Waals surface area (Å²) in [5.74, 6) is -3.01. The van der Waals surface area contributed by atoms with Gasteiger partial charge in [0.2, 0.25) is 11.7 Å². The molecular formula is C26H17ClN4O2S. The number of nitriles is 1. The van der Waals surface area contributed by atoms with Crippen molar-refractivity contribution in [2.75, 3.05) is 5.32 Å². The van der Waals surface area contributed by atoms with Crippen molar-refractivity contribution >= 4 is 56.0 Å². The number of carbonyl (C=O) groups excluding carboxylic acids is 2. The number of hydrogen-bond donors (Lipinski definition) is 1. The molecule has 1 N–H and O–H groups in total. The molecular weight excluding hydrogens is 468 g/mol. The fourth-order valence-electron chi connectivity index (χ4n) is 3.94. The van der Waals surface area contributed by atoms with Crippen LogP contribution in [0.5, 0.6) is 0 Å². The SMILES string of the molecule is N#CC(C(=O)Nc1cccc(Cl)c1)C(=O)c1nnc2c3ccccc3sc(C3=CCCC=C3)c1-2. The maximum atomic E-state index is 13.5. The Kier molecular flexibility index (Phi) is 5.93. The summed E-state index contributed by atoms with van der Waals surface area (Å²) >= 11 is 7.52. The largest absolute Gasteiger partial charge is 0.324 e. The lowest BCUT2D eigenvalue weighted by atomic mass is 9.94. The third-order valence-electron chi connectivity index (χ3n) is 5.54. The van der Waals surface area contributed by atoms with E-state index >= 15 is 0 Å². The van der Waals surface area contributed by atoms with Crippen molar-refractivity contribution in [1.82, 2.24) is 10.2 Å². The van der Waals surface area contributed by atoms with E-state index in [4.69, 9.17) is 11.6 Å². The minimum absolute atomic E-state index is 0.0275. The average Bonchev–Trinajstić information content (AvgIpc) is 3.30. The summed E-state index contributed by atoms with van der Waals surface area (Å²) in [6.07, 6.45) is 8.08. The molecule has 1 amide bonds. The van der Waals surface area contributed by atoms with Crippen molar-refractivity contribution in [2.24, 2.45) is 5.92 Å². The van der Waals surface area contributed by atoms with Crippen LogP contribution in [-0.2, 0) is 4.79 Å². The van der Waals surface area contributed by atoms with Gasteiger partial charge in [-0.15, -0.1) is 21.5 Å². The molecule has 2 aromatic rings. The Morgan fingerprint density at radius 2 is 1.97 bits per heavy atom. The van der Waals surface area contributed by atoms with Gasteiger partial charge in [0.1, 0.15) is 11.4 Å². The van der Waals surface area contributed by atoms with Crippen LogP contribution in [0.25, 0.3) is 26.9 Å². The molecule has 1 atom stereocenters. The van der Waals surface area contributed by atoms with Crippen LogP contribution in [0.15, 0.2) is 66.8 Å². The number of benzene rings is 2. The predicted octanol–water partition coefficient (Wildman–Crippen LogP) is 6.14. The highest BCUT2D eigenvalue weighted by Gasteiger charge is 2.35. The Morgan fingerprint density at radius 3 is 2.74 bits per heavy atom. The van der Waals surface area contributed by atoms with Crippen LogP contribution in [0.3, 0.4) is 0 Å².